The van der Waals surface area contributed by atoms with Gasteiger partial charge in [0, 0.05) is 24.7 Å². The van der Waals surface area contributed by atoms with Gasteiger partial charge in [-0.25, -0.2) is 0 Å². The van der Waals surface area contributed by atoms with Gasteiger partial charge in [0.2, 0.25) is 0 Å². The lowest BCUT2D eigenvalue weighted by atomic mass is 9.86. The Kier molecular flexibility index (Phi) is 7.62. The zero-order chi connectivity index (χ0) is 23.4. The Morgan fingerprint density at radius 2 is 1.64 bits per heavy atom. The third-order valence-corrected chi connectivity index (χ3v) is 7.41. The molecule has 0 saturated heterocycles. The first-order chi connectivity index (χ1) is 16.1. The number of rotatable bonds is 8. The number of hydrogen-bond acceptors (Lipinski definition) is 3. The molecule has 3 aromatic rings. The Balaban J connectivity index is 1.73. The second-order valence-electron chi connectivity index (χ2n) is 9.33. The van der Waals surface area contributed by atoms with Crippen molar-refractivity contribution in [3.63, 3.8) is 0 Å². The number of fused-ring (bicyclic) bond motifs is 1. The SMILES string of the molecule is CCc1cc(-c2c(CC)cccc2CC)nc(CN)c1CN(C)[C@H]1CCCc2ccccc21. The van der Waals surface area contributed by atoms with Crippen molar-refractivity contribution < 1.29 is 0 Å². The molecule has 1 aromatic heterocycles. The van der Waals surface area contributed by atoms with Crippen LogP contribution in [-0.2, 0) is 38.8 Å². The number of nitrogens with two attached hydrogens (primary N) is 1. The summed E-state index contributed by atoms with van der Waals surface area (Å²) in [6.07, 6.45) is 6.67. The normalized spacial score (nSPS) is 15.6. The van der Waals surface area contributed by atoms with Gasteiger partial charge in [0.25, 0.3) is 0 Å². The van der Waals surface area contributed by atoms with E-state index < -0.39 is 0 Å². The third kappa shape index (κ3) is 4.76. The van der Waals surface area contributed by atoms with Crippen LogP contribution < -0.4 is 5.73 Å². The van der Waals surface area contributed by atoms with Gasteiger partial charge in [0.05, 0.1) is 11.4 Å². The Morgan fingerprint density at radius 1 is 0.939 bits per heavy atom. The number of benzene rings is 2. The number of aromatic nitrogens is 1. The summed E-state index contributed by atoms with van der Waals surface area (Å²) in [7, 11) is 2.27. The Hall–Kier alpha value is -2.49. The highest BCUT2D eigenvalue weighted by Crippen LogP contribution is 2.36. The van der Waals surface area contributed by atoms with E-state index in [9.17, 15) is 0 Å². The van der Waals surface area contributed by atoms with E-state index in [4.69, 9.17) is 10.7 Å². The summed E-state index contributed by atoms with van der Waals surface area (Å²) in [5.74, 6) is 0. The van der Waals surface area contributed by atoms with Crippen LogP contribution in [0.2, 0.25) is 0 Å². The average Bonchev–Trinajstić information content (AvgIpc) is 2.87. The van der Waals surface area contributed by atoms with Crippen molar-refractivity contribution >= 4 is 0 Å². The molecule has 3 heteroatoms. The van der Waals surface area contributed by atoms with Gasteiger partial charge in [0.15, 0.2) is 0 Å². The Morgan fingerprint density at radius 3 is 2.30 bits per heavy atom. The van der Waals surface area contributed by atoms with Gasteiger partial charge in [-0.2, -0.15) is 0 Å². The molecule has 2 N–H and O–H groups in total. The maximum Gasteiger partial charge on any atom is 0.0714 e. The van der Waals surface area contributed by atoms with E-state index in [2.05, 4.69) is 81.2 Å². The van der Waals surface area contributed by atoms with Gasteiger partial charge in [-0.15, -0.1) is 0 Å². The standard InChI is InChI=1S/C30H39N3/c1-5-21-13-10-14-22(6-2)30(21)27-18-23(7-3)26(28(19-31)32-27)20-33(4)29-17-11-15-24-12-8-9-16-25(24)29/h8-10,12-14,16,18,29H,5-7,11,15,17,19-20,31H2,1-4H3/t29-/m0/s1. The molecule has 2 aromatic carbocycles. The molecule has 0 aliphatic heterocycles. The van der Waals surface area contributed by atoms with E-state index >= 15 is 0 Å². The van der Waals surface area contributed by atoms with Gasteiger partial charge in [-0.1, -0.05) is 63.2 Å². The van der Waals surface area contributed by atoms with E-state index in [1.54, 1.807) is 0 Å². The molecule has 0 saturated carbocycles. The second-order valence-corrected chi connectivity index (χ2v) is 9.33. The van der Waals surface area contributed by atoms with E-state index in [0.717, 1.165) is 37.2 Å². The molecular formula is C30H39N3. The average molecular weight is 442 g/mol. The summed E-state index contributed by atoms with van der Waals surface area (Å²) < 4.78 is 0. The van der Waals surface area contributed by atoms with Gasteiger partial charge in [-0.3, -0.25) is 9.88 Å². The zero-order valence-corrected chi connectivity index (χ0v) is 20.8. The van der Waals surface area contributed by atoms with E-state index in [1.165, 1.54) is 58.2 Å². The molecule has 0 amide bonds. The van der Waals surface area contributed by atoms with Crippen LogP contribution in [0.25, 0.3) is 11.3 Å². The summed E-state index contributed by atoms with van der Waals surface area (Å²) in [6, 6.07) is 18.4. The van der Waals surface area contributed by atoms with Gasteiger partial charge in [-0.05, 0) is 85.0 Å². The van der Waals surface area contributed by atoms with Crippen LogP contribution in [0.1, 0.15) is 78.7 Å². The molecule has 0 fully saturated rings. The predicted molar refractivity (Wildman–Crippen MR) is 139 cm³/mol. The Labute approximate surface area is 200 Å². The summed E-state index contributed by atoms with van der Waals surface area (Å²) in [5.41, 5.74) is 18.2. The van der Waals surface area contributed by atoms with Crippen LogP contribution in [0, 0.1) is 0 Å². The number of aryl methyl sites for hydroxylation is 4. The number of hydrogen-bond donors (Lipinski definition) is 1. The molecule has 1 heterocycles. The molecule has 3 nitrogen and oxygen atoms in total. The fourth-order valence-electron chi connectivity index (χ4n) is 5.61. The largest absolute Gasteiger partial charge is 0.325 e. The van der Waals surface area contributed by atoms with Crippen molar-refractivity contribution in [3.8, 4) is 11.3 Å². The first kappa shape index (κ1) is 23.7. The molecule has 1 atom stereocenters. The Bertz CT molecular complexity index is 1050. The molecule has 0 radical (unpaired) electrons. The highest BCUT2D eigenvalue weighted by atomic mass is 15.1. The minimum Gasteiger partial charge on any atom is -0.325 e. The summed E-state index contributed by atoms with van der Waals surface area (Å²) in [4.78, 5) is 7.70. The van der Waals surface area contributed by atoms with Crippen LogP contribution in [0.15, 0.2) is 48.5 Å². The second kappa shape index (κ2) is 10.6. The predicted octanol–water partition coefficient (Wildman–Crippen LogP) is 6.40. The fraction of sp³-hybridized carbons (Fsp3) is 0.433. The van der Waals surface area contributed by atoms with Crippen molar-refractivity contribution in [1.82, 2.24) is 9.88 Å². The molecule has 0 bridgehead atoms. The molecule has 4 rings (SSSR count). The van der Waals surface area contributed by atoms with Crippen LogP contribution in [0.4, 0.5) is 0 Å². The summed E-state index contributed by atoms with van der Waals surface area (Å²) >= 11 is 0. The van der Waals surface area contributed by atoms with E-state index in [0.29, 0.717) is 12.6 Å². The number of pyridine rings is 1. The molecule has 174 valence electrons. The van der Waals surface area contributed by atoms with E-state index in [1.807, 2.05) is 0 Å². The van der Waals surface area contributed by atoms with Crippen LogP contribution in [0.3, 0.4) is 0 Å². The smallest absolute Gasteiger partial charge is 0.0714 e. The van der Waals surface area contributed by atoms with Crippen LogP contribution in [-0.4, -0.2) is 16.9 Å². The molecular weight excluding hydrogens is 402 g/mol. The maximum atomic E-state index is 6.31. The monoisotopic (exact) mass is 441 g/mol. The van der Waals surface area contributed by atoms with Gasteiger partial charge >= 0.3 is 0 Å². The maximum absolute atomic E-state index is 6.31. The van der Waals surface area contributed by atoms with Crippen molar-refractivity contribution in [2.75, 3.05) is 7.05 Å². The van der Waals surface area contributed by atoms with Gasteiger partial charge < -0.3 is 5.73 Å². The summed E-state index contributed by atoms with van der Waals surface area (Å²) in [5, 5.41) is 0. The first-order valence-corrected chi connectivity index (χ1v) is 12.7. The quantitative estimate of drug-likeness (QED) is 0.439. The minimum atomic E-state index is 0.456. The lowest BCUT2D eigenvalue weighted by Crippen LogP contribution is -2.28. The van der Waals surface area contributed by atoms with Crippen molar-refractivity contribution in [1.29, 1.82) is 0 Å². The zero-order valence-electron chi connectivity index (χ0n) is 20.8. The first-order valence-electron chi connectivity index (χ1n) is 12.7. The molecule has 33 heavy (non-hydrogen) atoms. The van der Waals surface area contributed by atoms with E-state index in [-0.39, 0.29) is 0 Å². The molecule has 0 unspecified atom stereocenters. The molecule has 0 spiro atoms. The molecule has 1 aliphatic carbocycles. The fourth-order valence-corrected chi connectivity index (χ4v) is 5.61. The highest BCUT2D eigenvalue weighted by Gasteiger charge is 2.25. The highest BCUT2D eigenvalue weighted by molar-refractivity contribution is 5.69. The summed E-state index contributed by atoms with van der Waals surface area (Å²) in [6.45, 7) is 8.08. The van der Waals surface area contributed by atoms with Crippen LogP contribution in [0.5, 0.6) is 0 Å². The van der Waals surface area contributed by atoms with Crippen molar-refractivity contribution in [3.05, 3.63) is 87.6 Å². The van der Waals surface area contributed by atoms with Crippen molar-refractivity contribution in [2.24, 2.45) is 5.73 Å². The topological polar surface area (TPSA) is 42.1 Å². The van der Waals surface area contributed by atoms with Crippen LogP contribution >= 0.6 is 0 Å². The molecule has 1 aliphatic rings. The number of nitrogens with zero attached hydrogens (tertiary/aromatic N) is 2. The van der Waals surface area contributed by atoms with Gasteiger partial charge in [0.1, 0.15) is 0 Å². The lowest BCUT2D eigenvalue weighted by Gasteiger charge is -2.34. The lowest BCUT2D eigenvalue weighted by molar-refractivity contribution is 0.212. The third-order valence-electron chi connectivity index (χ3n) is 7.41. The van der Waals surface area contributed by atoms with Crippen molar-refractivity contribution in [2.45, 2.75) is 78.4 Å². The minimum absolute atomic E-state index is 0.456.